The molecule has 0 bridgehead atoms. The van der Waals surface area contributed by atoms with Crippen molar-refractivity contribution in [2.24, 2.45) is 0 Å². The summed E-state index contributed by atoms with van der Waals surface area (Å²) in [6, 6.07) is 13.3. The average molecular weight is 259 g/mol. The maximum absolute atomic E-state index is 12.3. The molecule has 0 fully saturated rings. The molecule has 0 spiro atoms. The van der Waals surface area contributed by atoms with E-state index >= 15 is 0 Å². The number of rotatable bonds is 3. The molecule has 0 aromatic heterocycles. The van der Waals surface area contributed by atoms with Crippen molar-refractivity contribution in [3.8, 4) is 0 Å². The molecular weight excluding hydrogens is 244 g/mol. The molecule has 0 amide bonds. The Morgan fingerprint density at radius 1 is 1.00 bits per heavy atom. The van der Waals surface area contributed by atoms with Crippen LogP contribution in [0, 0.1) is 13.8 Å². The molecule has 2 aromatic rings. The fourth-order valence-electron chi connectivity index (χ4n) is 2.07. The third-order valence-electron chi connectivity index (χ3n) is 3.16. The molecule has 0 radical (unpaired) electrons. The monoisotopic (exact) mass is 258 g/mol. The third kappa shape index (κ3) is 2.62. The smallest absolute Gasteiger partial charge is 0.168 e. The summed E-state index contributed by atoms with van der Waals surface area (Å²) in [5.74, 6) is 0.0676. The van der Waals surface area contributed by atoms with E-state index in [1.807, 2.05) is 44.2 Å². The Morgan fingerprint density at radius 2 is 1.61 bits per heavy atom. The molecule has 0 atom stereocenters. The molecule has 18 heavy (non-hydrogen) atoms. The van der Waals surface area contributed by atoms with Crippen molar-refractivity contribution >= 4 is 17.4 Å². The topological polar surface area (TPSA) is 17.1 Å². The molecule has 2 rings (SSSR count). The summed E-state index contributed by atoms with van der Waals surface area (Å²) in [5, 5.41) is 0.522. The normalized spacial score (nSPS) is 10.4. The number of hydrogen-bond acceptors (Lipinski definition) is 1. The third-order valence-corrected chi connectivity index (χ3v) is 3.49. The SMILES string of the molecule is Cc1cccc(C)c1CC(=O)c1ccccc1Cl. The summed E-state index contributed by atoms with van der Waals surface area (Å²) in [7, 11) is 0. The van der Waals surface area contributed by atoms with Crippen molar-refractivity contribution in [1.29, 1.82) is 0 Å². The maximum atomic E-state index is 12.3. The van der Waals surface area contributed by atoms with Crippen LogP contribution in [0.4, 0.5) is 0 Å². The van der Waals surface area contributed by atoms with Gasteiger partial charge < -0.3 is 0 Å². The summed E-state index contributed by atoms with van der Waals surface area (Å²) >= 11 is 6.04. The molecule has 0 N–H and O–H groups in total. The van der Waals surface area contributed by atoms with E-state index in [0.29, 0.717) is 17.0 Å². The van der Waals surface area contributed by atoms with Gasteiger partial charge in [-0.25, -0.2) is 0 Å². The van der Waals surface area contributed by atoms with Gasteiger partial charge in [-0.2, -0.15) is 0 Å². The highest BCUT2D eigenvalue weighted by Gasteiger charge is 2.13. The lowest BCUT2D eigenvalue weighted by Crippen LogP contribution is -2.07. The van der Waals surface area contributed by atoms with E-state index in [4.69, 9.17) is 11.6 Å². The fourth-order valence-corrected chi connectivity index (χ4v) is 2.31. The first-order valence-corrected chi connectivity index (χ1v) is 6.30. The van der Waals surface area contributed by atoms with Crippen LogP contribution in [-0.4, -0.2) is 5.78 Å². The van der Waals surface area contributed by atoms with Crippen molar-refractivity contribution in [3.63, 3.8) is 0 Å². The van der Waals surface area contributed by atoms with E-state index < -0.39 is 0 Å². The van der Waals surface area contributed by atoms with Crippen LogP contribution in [0.1, 0.15) is 27.0 Å². The minimum atomic E-state index is 0.0676. The van der Waals surface area contributed by atoms with Gasteiger partial charge in [0.05, 0.1) is 5.02 Å². The van der Waals surface area contributed by atoms with Gasteiger partial charge in [-0.3, -0.25) is 4.79 Å². The first-order chi connectivity index (χ1) is 8.59. The van der Waals surface area contributed by atoms with Crippen LogP contribution in [0.3, 0.4) is 0 Å². The van der Waals surface area contributed by atoms with Crippen LogP contribution < -0.4 is 0 Å². The van der Waals surface area contributed by atoms with Gasteiger partial charge in [-0.15, -0.1) is 0 Å². The van der Waals surface area contributed by atoms with Crippen molar-refractivity contribution in [3.05, 3.63) is 69.7 Å². The van der Waals surface area contributed by atoms with Gasteiger partial charge in [0.2, 0.25) is 0 Å². The fraction of sp³-hybridized carbons (Fsp3) is 0.188. The summed E-state index contributed by atoms with van der Waals surface area (Å²) in [6.45, 7) is 4.06. The molecule has 92 valence electrons. The van der Waals surface area contributed by atoms with Gasteiger partial charge in [0.15, 0.2) is 5.78 Å². The Morgan fingerprint density at radius 3 is 2.22 bits per heavy atom. The van der Waals surface area contributed by atoms with E-state index in [2.05, 4.69) is 0 Å². The number of carbonyl (C=O) groups excluding carboxylic acids is 1. The van der Waals surface area contributed by atoms with E-state index in [9.17, 15) is 4.79 Å². The van der Waals surface area contributed by atoms with Crippen LogP contribution in [-0.2, 0) is 6.42 Å². The molecule has 1 nitrogen and oxygen atoms in total. The minimum Gasteiger partial charge on any atom is -0.294 e. The van der Waals surface area contributed by atoms with E-state index in [1.165, 1.54) is 0 Å². The molecule has 0 unspecified atom stereocenters. The number of hydrogen-bond donors (Lipinski definition) is 0. The Labute approximate surface area is 112 Å². The van der Waals surface area contributed by atoms with Crippen molar-refractivity contribution in [2.45, 2.75) is 20.3 Å². The molecule has 2 aromatic carbocycles. The van der Waals surface area contributed by atoms with Gasteiger partial charge in [-0.05, 0) is 42.7 Å². The molecule has 0 aliphatic rings. The quantitative estimate of drug-likeness (QED) is 0.747. The summed E-state index contributed by atoms with van der Waals surface area (Å²) < 4.78 is 0. The zero-order valence-corrected chi connectivity index (χ0v) is 11.3. The predicted molar refractivity (Wildman–Crippen MR) is 75.4 cm³/mol. The van der Waals surface area contributed by atoms with Gasteiger partial charge in [-0.1, -0.05) is 41.9 Å². The molecule has 0 heterocycles. The number of Topliss-reactive ketones (excluding diaryl/α,β-unsaturated/α-hetero) is 1. The molecule has 0 saturated carbocycles. The highest BCUT2D eigenvalue weighted by Crippen LogP contribution is 2.20. The first kappa shape index (κ1) is 12.8. The van der Waals surface area contributed by atoms with E-state index in [-0.39, 0.29) is 5.78 Å². The Kier molecular flexibility index (Phi) is 3.83. The molecular formula is C16H15ClO. The van der Waals surface area contributed by atoms with Crippen molar-refractivity contribution in [2.75, 3.05) is 0 Å². The highest BCUT2D eigenvalue weighted by atomic mass is 35.5. The summed E-state index contributed by atoms with van der Waals surface area (Å²) in [6.07, 6.45) is 0.405. The minimum absolute atomic E-state index is 0.0676. The zero-order chi connectivity index (χ0) is 13.1. The van der Waals surface area contributed by atoms with Crippen LogP contribution in [0.2, 0.25) is 5.02 Å². The second-order valence-corrected chi connectivity index (χ2v) is 4.86. The largest absolute Gasteiger partial charge is 0.294 e. The van der Waals surface area contributed by atoms with Crippen LogP contribution in [0.25, 0.3) is 0 Å². The van der Waals surface area contributed by atoms with Crippen LogP contribution in [0.15, 0.2) is 42.5 Å². The van der Waals surface area contributed by atoms with E-state index in [1.54, 1.807) is 12.1 Å². The number of ketones is 1. The van der Waals surface area contributed by atoms with Crippen molar-refractivity contribution < 1.29 is 4.79 Å². The Hall–Kier alpha value is -1.60. The van der Waals surface area contributed by atoms with Gasteiger partial charge in [0.1, 0.15) is 0 Å². The number of aryl methyl sites for hydroxylation is 2. The first-order valence-electron chi connectivity index (χ1n) is 5.92. The summed E-state index contributed by atoms with van der Waals surface area (Å²) in [4.78, 5) is 12.3. The van der Waals surface area contributed by atoms with Gasteiger partial charge in [0.25, 0.3) is 0 Å². The standard InChI is InChI=1S/C16H15ClO/c1-11-6-5-7-12(2)14(11)10-16(18)13-8-3-4-9-15(13)17/h3-9H,10H2,1-2H3. The van der Waals surface area contributed by atoms with Crippen molar-refractivity contribution in [1.82, 2.24) is 0 Å². The second kappa shape index (κ2) is 5.36. The van der Waals surface area contributed by atoms with Crippen LogP contribution in [0.5, 0.6) is 0 Å². The number of benzene rings is 2. The Bertz CT molecular complexity index is 567. The summed E-state index contributed by atoms with van der Waals surface area (Å²) in [5.41, 5.74) is 4.00. The highest BCUT2D eigenvalue weighted by molar-refractivity contribution is 6.34. The number of carbonyl (C=O) groups is 1. The second-order valence-electron chi connectivity index (χ2n) is 4.45. The lowest BCUT2D eigenvalue weighted by molar-refractivity contribution is 0.0992. The molecule has 0 saturated heterocycles. The maximum Gasteiger partial charge on any atom is 0.168 e. The molecule has 2 heteroatoms. The lowest BCUT2D eigenvalue weighted by Gasteiger charge is -2.09. The molecule has 0 aliphatic carbocycles. The predicted octanol–water partition coefficient (Wildman–Crippen LogP) is 4.38. The van der Waals surface area contributed by atoms with Gasteiger partial charge >= 0.3 is 0 Å². The average Bonchev–Trinajstić information content (AvgIpc) is 2.34. The van der Waals surface area contributed by atoms with E-state index in [0.717, 1.165) is 16.7 Å². The Balaban J connectivity index is 2.30. The zero-order valence-electron chi connectivity index (χ0n) is 10.5. The van der Waals surface area contributed by atoms with Gasteiger partial charge in [0, 0.05) is 12.0 Å². The van der Waals surface area contributed by atoms with Crippen LogP contribution >= 0.6 is 11.6 Å². The molecule has 0 aliphatic heterocycles. The lowest BCUT2D eigenvalue weighted by atomic mass is 9.95. The number of halogens is 1.